The third kappa shape index (κ3) is 5.48. The maximum absolute atomic E-state index is 12.5. The lowest BCUT2D eigenvalue weighted by atomic mass is 10.0. The molecule has 1 atom stereocenters. The molecule has 0 aliphatic carbocycles. The predicted octanol–water partition coefficient (Wildman–Crippen LogP) is 1.99. The molecular weight excluding hydrogens is 410 g/mol. The van der Waals surface area contributed by atoms with E-state index in [1.165, 1.54) is 0 Å². The number of benzene rings is 1. The molecule has 32 heavy (non-hydrogen) atoms. The van der Waals surface area contributed by atoms with Crippen LogP contribution in [0, 0.1) is 5.92 Å². The first kappa shape index (κ1) is 22.5. The number of nitrogens with zero attached hydrogens (tertiary/aromatic N) is 2. The molecule has 0 saturated carbocycles. The van der Waals surface area contributed by atoms with Crippen molar-refractivity contribution < 1.29 is 9.59 Å². The molecule has 10 nitrogen and oxygen atoms in total. The predicted molar refractivity (Wildman–Crippen MR) is 122 cm³/mol. The van der Waals surface area contributed by atoms with E-state index in [9.17, 15) is 14.4 Å². The number of hydrogen-bond donors (Lipinski definition) is 5. The van der Waals surface area contributed by atoms with E-state index in [0.717, 1.165) is 11.1 Å². The van der Waals surface area contributed by atoms with Gasteiger partial charge in [0.15, 0.2) is 5.82 Å². The zero-order valence-electron chi connectivity index (χ0n) is 17.8. The third-order valence-electron chi connectivity index (χ3n) is 4.67. The number of rotatable bonds is 9. The van der Waals surface area contributed by atoms with Crippen LogP contribution in [0.4, 0.5) is 17.5 Å². The van der Waals surface area contributed by atoms with Crippen LogP contribution in [0.3, 0.4) is 0 Å². The fraction of sp³-hybridized carbons (Fsp3) is 0.227. The Hall–Kier alpha value is -4.21. The summed E-state index contributed by atoms with van der Waals surface area (Å²) in [4.78, 5) is 47.0. The van der Waals surface area contributed by atoms with Crippen LogP contribution in [0.25, 0.3) is 11.1 Å². The maximum atomic E-state index is 12.5. The number of pyridine rings is 1. The Bertz CT molecular complexity index is 1160. The molecule has 0 fully saturated rings. The Morgan fingerprint density at radius 1 is 1.09 bits per heavy atom. The van der Waals surface area contributed by atoms with Crippen molar-refractivity contribution in [3.63, 3.8) is 0 Å². The highest BCUT2D eigenvalue weighted by molar-refractivity contribution is 5.98. The summed E-state index contributed by atoms with van der Waals surface area (Å²) in [6.45, 7) is 3.87. The topological polar surface area (TPSA) is 169 Å². The van der Waals surface area contributed by atoms with Gasteiger partial charge in [0.2, 0.25) is 11.9 Å². The lowest BCUT2D eigenvalue weighted by Gasteiger charge is -2.18. The number of aromatic amines is 1. The lowest BCUT2D eigenvalue weighted by Crippen LogP contribution is -2.38. The molecule has 0 saturated heterocycles. The number of anilines is 3. The average molecular weight is 435 g/mol. The highest BCUT2D eigenvalue weighted by atomic mass is 16.2. The second-order valence-corrected chi connectivity index (χ2v) is 7.68. The van der Waals surface area contributed by atoms with E-state index in [4.69, 9.17) is 11.5 Å². The van der Waals surface area contributed by atoms with Crippen molar-refractivity contribution in [2.24, 2.45) is 17.4 Å². The van der Waals surface area contributed by atoms with Crippen molar-refractivity contribution >= 4 is 29.3 Å². The molecule has 0 aliphatic heterocycles. The van der Waals surface area contributed by atoms with Gasteiger partial charge in [-0.15, -0.1) is 0 Å². The number of hydrogen-bond acceptors (Lipinski definition) is 7. The monoisotopic (exact) mass is 435 g/mol. The minimum atomic E-state index is -0.937. The first-order chi connectivity index (χ1) is 15.2. The van der Waals surface area contributed by atoms with Gasteiger partial charge in [0.05, 0.1) is 0 Å². The van der Waals surface area contributed by atoms with E-state index in [-0.39, 0.29) is 23.2 Å². The summed E-state index contributed by atoms with van der Waals surface area (Å²) < 4.78 is 0. The highest BCUT2D eigenvalue weighted by Crippen LogP contribution is 2.23. The molecule has 10 heteroatoms. The number of nitrogens with two attached hydrogens (primary N) is 2. The van der Waals surface area contributed by atoms with Gasteiger partial charge in [-0.2, -0.15) is 4.98 Å². The second-order valence-electron chi connectivity index (χ2n) is 7.68. The fourth-order valence-corrected chi connectivity index (χ4v) is 3.16. The van der Waals surface area contributed by atoms with Crippen LogP contribution in [0.15, 0.2) is 53.6 Å². The quantitative estimate of drug-likeness (QED) is 0.342. The van der Waals surface area contributed by atoms with Crippen LogP contribution in [-0.2, 0) is 4.79 Å². The maximum Gasteiger partial charge on any atom is 0.267 e. The Kier molecular flexibility index (Phi) is 6.83. The zero-order valence-corrected chi connectivity index (χ0v) is 17.8. The standard InChI is InChI=1S/C22H25N7O3/c1-12(2)10-16(18(23)30)27-22-28-20(17(19(24)31)21(32)29-22)26-15-7-5-13(6-8-15)14-4-3-9-25-11-14/h3-9,11-12,16H,10H2,1-2H3,(H2,23,30)(H2,24,31)(H3,26,27,28,29,32). The molecule has 2 heterocycles. The van der Waals surface area contributed by atoms with Crippen molar-refractivity contribution in [1.29, 1.82) is 0 Å². The van der Waals surface area contributed by atoms with Gasteiger partial charge in [0.25, 0.3) is 11.5 Å². The van der Waals surface area contributed by atoms with E-state index in [1.807, 2.05) is 38.1 Å². The third-order valence-corrected chi connectivity index (χ3v) is 4.67. The minimum absolute atomic E-state index is 0.000991. The van der Waals surface area contributed by atoms with Gasteiger partial charge in [-0.25, -0.2) is 0 Å². The second kappa shape index (κ2) is 9.73. The molecule has 0 spiro atoms. The summed E-state index contributed by atoms with van der Waals surface area (Å²) in [5.74, 6) is -1.38. The van der Waals surface area contributed by atoms with Crippen LogP contribution in [0.5, 0.6) is 0 Å². The Morgan fingerprint density at radius 2 is 1.81 bits per heavy atom. The largest absolute Gasteiger partial charge is 0.368 e. The van der Waals surface area contributed by atoms with E-state index >= 15 is 0 Å². The van der Waals surface area contributed by atoms with Gasteiger partial charge in [0, 0.05) is 18.1 Å². The SMILES string of the molecule is CC(C)CC(Nc1nc(Nc2ccc(-c3cccnc3)cc2)c(C(N)=O)c(=O)[nH]1)C(N)=O. The summed E-state index contributed by atoms with van der Waals surface area (Å²) in [7, 11) is 0. The van der Waals surface area contributed by atoms with Gasteiger partial charge in [-0.3, -0.25) is 24.4 Å². The molecule has 0 radical (unpaired) electrons. The first-order valence-electron chi connectivity index (χ1n) is 10.0. The summed E-state index contributed by atoms with van der Waals surface area (Å²) in [6, 6.07) is 10.3. The molecule has 0 bridgehead atoms. The lowest BCUT2D eigenvalue weighted by molar-refractivity contribution is -0.119. The number of carbonyl (C=O) groups excluding carboxylic acids is 2. The summed E-state index contributed by atoms with van der Waals surface area (Å²) >= 11 is 0. The zero-order chi connectivity index (χ0) is 23.3. The van der Waals surface area contributed by atoms with Crippen molar-refractivity contribution in [2.75, 3.05) is 10.6 Å². The molecule has 2 aromatic heterocycles. The van der Waals surface area contributed by atoms with E-state index in [0.29, 0.717) is 12.1 Å². The van der Waals surface area contributed by atoms with E-state index in [1.54, 1.807) is 24.5 Å². The van der Waals surface area contributed by atoms with E-state index < -0.39 is 23.4 Å². The van der Waals surface area contributed by atoms with Crippen LogP contribution in [-0.4, -0.2) is 32.8 Å². The molecular formula is C22H25N7O3. The highest BCUT2D eigenvalue weighted by Gasteiger charge is 2.21. The van der Waals surface area contributed by atoms with Crippen LogP contribution < -0.4 is 27.7 Å². The number of nitrogens with one attached hydrogen (secondary N) is 3. The van der Waals surface area contributed by atoms with Crippen molar-refractivity contribution in [3.05, 3.63) is 64.7 Å². The number of amides is 2. The van der Waals surface area contributed by atoms with Crippen LogP contribution in [0.2, 0.25) is 0 Å². The van der Waals surface area contributed by atoms with Crippen molar-refractivity contribution in [1.82, 2.24) is 15.0 Å². The Balaban J connectivity index is 1.91. The first-order valence-corrected chi connectivity index (χ1v) is 10.0. The minimum Gasteiger partial charge on any atom is -0.368 e. The fourth-order valence-electron chi connectivity index (χ4n) is 3.16. The molecule has 1 aromatic carbocycles. The van der Waals surface area contributed by atoms with Crippen LogP contribution >= 0.6 is 0 Å². The molecule has 7 N–H and O–H groups in total. The average Bonchev–Trinajstić information content (AvgIpc) is 2.73. The van der Waals surface area contributed by atoms with Gasteiger partial charge in [-0.1, -0.05) is 32.0 Å². The molecule has 3 aromatic rings. The number of H-pyrrole nitrogens is 1. The summed E-state index contributed by atoms with van der Waals surface area (Å²) in [5, 5.41) is 5.79. The number of aromatic nitrogens is 3. The number of primary amides is 2. The molecule has 0 aliphatic rings. The molecule has 3 rings (SSSR count). The normalized spacial score (nSPS) is 11.7. The van der Waals surface area contributed by atoms with Gasteiger partial charge >= 0.3 is 0 Å². The number of carbonyl (C=O) groups is 2. The smallest absolute Gasteiger partial charge is 0.267 e. The molecule has 166 valence electrons. The Morgan fingerprint density at radius 3 is 2.38 bits per heavy atom. The van der Waals surface area contributed by atoms with Gasteiger partial charge in [0.1, 0.15) is 11.6 Å². The molecule has 1 unspecified atom stereocenters. The van der Waals surface area contributed by atoms with Crippen LogP contribution in [0.1, 0.15) is 30.6 Å². The molecule has 2 amide bonds. The van der Waals surface area contributed by atoms with Gasteiger partial charge < -0.3 is 22.1 Å². The summed E-state index contributed by atoms with van der Waals surface area (Å²) in [5.41, 5.74) is 12.3. The van der Waals surface area contributed by atoms with E-state index in [2.05, 4.69) is 25.6 Å². The van der Waals surface area contributed by atoms with Crippen molar-refractivity contribution in [2.45, 2.75) is 26.3 Å². The Labute approximate surface area is 184 Å². The van der Waals surface area contributed by atoms with Crippen molar-refractivity contribution in [3.8, 4) is 11.1 Å². The summed E-state index contributed by atoms with van der Waals surface area (Å²) in [6.07, 6.45) is 3.88. The van der Waals surface area contributed by atoms with Gasteiger partial charge in [-0.05, 0) is 41.7 Å².